The summed E-state index contributed by atoms with van der Waals surface area (Å²) in [6.07, 6.45) is 0. The maximum atomic E-state index is 6.10. The zero-order chi connectivity index (χ0) is 19.3. The summed E-state index contributed by atoms with van der Waals surface area (Å²) < 4.78 is 11.7. The smallest absolute Gasteiger partial charge is 0.214 e. The number of hydrogen-bond donors (Lipinski definition) is 2. The SMILES string of the molecule is CN=C(NCc1nc(C)c(C)o1)NCc1ccc(C)cc1OC(C)(C)C.I. The van der Waals surface area contributed by atoms with Crippen LogP contribution in [0.25, 0.3) is 0 Å². The third-order valence-corrected chi connectivity index (χ3v) is 3.79. The molecule has 0 atom stereocenters. The second kappa shape index (κ2) is 9.96. The first-order valence-electron chi connectivity index (χ1n) is 8.84. The molecule has 0 amide bonds. The molecule has 1 aromatic carbocycles. The average Bonchev–Trinajstić information content (AvgIpc) is 2.86. The van der Waals surface area contributed by atoms with E-state index < -0.39 is 0 Å². The Bertz CT molecular complexity index is 759. The number of guanidine groups is 1. The lowest BCUT2D eigenvalue weighted by Crippen LogP contribution is -2.36. The number of halogens is 1. The highest BCUT2D eigenvalue weighted by atomic mass is 127. The van der Waals surface area contributed by atoms with Gasteiger partial charge in [-0.05, 0) is 53.2 Å². The number of hydrogen-bond acceptors (Lipinski definition) is 4. The largest absolute Gasteiger partial charge is 0.488 e. The van der Waals surface area contributed by atoms with E-state index in [-0.39, 0.29) is 29.6 Å². The van der Waals surface area contributed by atoms with E-state index in [0.29, 0.717) is 24.9 Å². The van der Waals surface area contributed by atoms with Crippen molar-refractivity contribution in [1.29, 1.82) is 0 Å². The van der Waals surface area contributed by atoms with Crippen LogP contribution in [0, 0.1) is 20.8 Å². The Balaban J connectivity index is 0.00000364. The van der Waals surface area contributed by atoms with E-state index in [1.54, 1.807) is 7.05 Å². The number of aromatic nitrogens is 1. The minimum atomic E-state index is -0.247. The molecule has 27 heavy (non-hydrogen) atoms. The van der Waals surface area contributed by atoms with Crippen LogP contribution in [0.2, 0.25) is 0 Å². The fraction of sp³-hybridized carbons (Fsp3) is 0.500. The lowest BCUT2D eigenvalue weighted by Gasteiger charge is -2.24. The third-order valence-electron chi connectivity index (χ3n) is 3.79. The summed E-state index contributed by atoms with van der Waals surface area (Å²) in [6, 6.07) is 6.23. The quantitative estimate of drug-likeness (QED) is 0.376. The maximum absolute atomic E-state index is 6.10. The van der Waals surface area contributed by atoms with Crippen molar-refractivity contribution < 1.29 is 9.15 Å². The van der Waals surface area contributed by atoms with E-state index in [9.17, 15) is 0 Å². The van der Waals surface area contributed by atoms with Crippen LogP contribution >= 0.6 is 24.0 Å². The number of benzene rings is 1. The van der Waals surface area contributed by atoms with Crippen molar-refractivity contribution in [2.75, 3.05) is 7.05 Å². The molecule has 0 radical (unpaired) electrons. The number of nitrogens with zero attached hydrogens (tertiary/aromatic N) is 2. The van der Waals surface area contributed by atoms with E-state index >= 15 is 0 Å². The highest BCUT2D eigenvalue weighted by Gasteiger charge is 2.15. The summed E-state index contributed by atoms with van der Waals surface area (Å²) in [5, 5.41) is 6.53. The van der Waals surface area contributed by atoms with Crippen LogP contribution < -0.4 is 15.4 Å². The van der Waals surface area contributed by atoms with Gasteiger partial charge in [-0.1, -0.05) is 12.1 Å². The summed E-state index contributed by atoms with van der Waals surface area (Å²) in [5.74, 6) is 3.06. The zero-order valence-electron chi connectivity index (χ0n) is 17.3. The van der Waals surface area contributed by atoms with Gasteiger partial charge < -0.3 is 19.8 Å². The highest BCUT2D eigenvalue weighted by molar-refractivity contribution is 14.0. The van der Waals surface area contributed by atoms with Gasteiger partial charge in [-0.25, -0.2) is 4.98 Å². The molecular weight excluding hydrogens is 455 g/mol. The average molecular weight is 486 g/mol. The van der Waals surface area contributed by atoms with Crippen molar-refractivity contribution in [3.8, 4) is 5.75 Å². The van der Waals surface area contributed by atoms with Crippen molar-refractivity contribution in [3.05, 3.63) is 46.7 Å². The van der Waals surface area contributed by atoms with Crippen LogP contribution in [0.4, 0.5) is 0 Å². The normalized spacial score (nSPS) is 11.7. The van der Waals surface area contributed by atoms with Crippen LogP contribution in [-0.2, 0) is 13.1 Å². The Labute approximate surface area is 179 Å². The number of oxazole rings is 1. The maximum Gasteiger partial charge on any atom is 0.214 e. The summed E-state index contributed by atoms with van der Waals surface area (Å²) in [7, 11) is 1.74. The molecule has 0 spiro atoms. The summed E-state index contributed by atoms with van der Waals surface area (Å²) in [5.41, 5.74) is 2.91. The molecule has 2 N–H and O–H groups in total. The summed E-state index contributed by atoms with van der Waals surface area (Å²) in [4.78, 5) is 8.62. The zero-order valence-corrected chi connectivity index (χ0v) is 19.6. The molecule has 0 aliphatic rings. The van der Waals surface area contributed by atoms with Gasteiger partial charge in [0.2, 0.25) is 5.89 Å². The predicted molar refractivity (Wildman–Crippen MR) is 120 cm³/mol. The van der Waals surface area contributed by atoms with E-state index in [0.717, 1.165) is 22.8 Å². The Hall–Kier alpha value is -1.77. The number of aliphatic imine (C=N–C) groups is 1. The number of aryl methyl sites for hydroxylation is 3. The van der Waals surface area contributed by atoms with E-state index in [1.165, 1.54) is 5.56 Å². The Kier molecular flexibility index (Phi) is 8.59. The van der Waals surface area contributed by atoms with Gasteiger partial charge >= 0.3 is 0 Å². The Morgan fingerprint density at radius 2 is 1.81 bits per heavy atom. The van der Waals surface area contributed by atoms with Crippen molar-refractivity contribution in [2.45, 2.75) is 60.2 Å². The van der Waals surface area contributed by atoms with Crippen molar-refractivity contribution >= 4 is 29.9 Å². The summed E-state index contributed by atoms with van der Waals surface area (Å²) >= 11 is 0. The molecule has 0 unspecified atom stereocenters. The van der Waals surface area contributed by atoms with Gasteiger partial charge in [-0.15, -0.1) is 24.0 Å². The van der Waals surface area contributed by atoms with Crippen LogP contribution in [0.3, 0.4) is 0 Å². The first-order chi connectivity index (χ1) is 12.2. The van der Waals surface area contributed by atoms with Gasteiger partial charge in [0.1, 0.15) is 17.1 Å². The third kappa shape index (κ3) is 7.40. The van der Waals surface area contributed by atoms with Gasteiger partial charge in [0.15, 0.2) is 5.96 Å². The topological polar surface area (TPSA) is 71.7 Å². The van der Waals surface area contributed by atoms with Gasteiger partial charge in [0.25, 0.3) is 0 Å². The molecular formula is C20H31IN4O2. The molecule has 2 rings (SSSR count). The molecule has 150 valence electrons. The molecule has 0 aliphatic carbocycles. The minimum Gasteiger partial charge on any atom is -0.488 e. The fourth-order valence-corrected chi connectivity index (χ4v) is 2.41. The Morgan fingerprint density at radius 1 is 1.15 bits per heavy atom. The number of ether oxygens (including phenoxy) is 1. The molecule has 0 bridgehead atoms. The van der Waals surface area contributed by atoms with Gasteiger partial charge in [0.05, 0.1) is 12.2 Å². The van der Waals surface area contributed by atoms with Gasteiger partial charge in [0, 0.05) is 19.2 Å². The predicted octanol–water partition coefficient (Wildman–Crippen LogP) is 4.26. The van der Waals surface area contributed by atoms with Crippen LogP contribution in [0.5, 0.6) is 5.75 Å². The van der Waals surface area contributed by atoms with Crippen molar-refractivity contribution in [3.63, 3.8) is 0 Å². The molecule has 0 aliphatic heterocycles. The summed E-state index contributed by atoms with van der Waals surface area (Å²) in [6.45, 7) is 13.1. The minimum absolute atomic E-state index is 0. The fourth-order valence-electron chi connectivity index (χ4n) is 2.41. The van der Waals surface area contributed by atoms with Gasteiger partial charge in [-0.3, -0.25) is 4.99 Å². The van der Waals surface area contributed by atoms with Crippen LogP contribution in [-0.4, -0.2) is 23.6 Å². The van der Waals surface area contributed by atoms with E-state index in [1.807, 2.05) is 34.6 Å². The first kappa shape index (κ1) is 23.3. The molecule has 1 aromatic heterocycles. The first-order valence-corrected chi connectivity index (χ1v) is 8.84. The van der Waals surface area contributed by atoms with Crippen molar-refractivity contribution in [1.82, 2.24) is 15.6 Å². The highest BCUT2D eigenvalue weighted by Crippen LogP contribution is 2.24. The standard InChI is InChI=1S/C20H30N4O2.HI/c1-13-8-9-16(17(10-13)26-20(4,5)6)11-22-19(21-7)23-12-18-24-14(2)15(3)25-18;/h8-10H,11-12H2,1-7H3,(H2,21,22,23);1H. The van der Waals surface area contributed by atoms with Crippen LogP contribution in [0.1, 0.15) is 49.2 Å². The second-order valence-corrected chi connectivity index (χ2v) is 7.35. The molecule has 2 aromatic rings. The molecule has 6 nitrogen and oxygen atoms in total. The Morgan fingerprint density at radius 3 is 2.37 bits per heavy atom. The lowest BCUT2D eigenvalue weighted by atomic mass is 10.1. The monoisotopic (exact) mass is 486 g/mol. The lowest BCUT2D eigenvalue weighted by molar-refractivity contribution is 0.129. The van der Waals surface area contributed by atoms with Gasteiger partial charge in [-0.2, -0.15) is 0 Å². The number of rotatable bonds is 5. The van der Waals surface area contributed by atoms with E-state index in [4.69, 9.17) is 9.15 Å². The molecule has 1 heterocycles. The number of nitrogens with one attached hydrogen (secondary N) is 2. The van der Waals surface area contributed by atoms with Crippen LogP contribution in [0.15, 0.2) is 27.6 Å². The van der Waals surface area contributed by atoms with E-state index in [2.05, 4.69) is 45.7 Å². The van der Waals surface area contributed by atoms with Crippen molar-refractivity contribution in [2.24, 2.45) is 4.99 Å². The molecule has 0 fully saturated rings. The molecule has 0 saturated heterocycles. The molecule has 0 saturated carbocycles. The second-order valence-electron chi connectivity index (χ2n) is 7.35. The molecule has 7 heteroatoms.